The molecule has 0 amide bonds. The van der Waals surface area contributed by atoms with E-state index >= 15 is 0 Å². The van der Waals surface area contributed by atoms with Crippen molar-refractivity contribution in [1.82, 2.24) is 0 Å². The summed E-state index contributed by atoms with van der Waals surface area (Å²) in [7, 11) is 1.44. The predicted octanol–water partition coefficient (Wildman–Crippen LogP) is 3.19. The smallest absolute Gasteiger partial charge is 0.316 e. The van der Waals surface area contributed by atoms with E-state index in [-0.39, 0.29) is 11.9 Å². The summed E-state index contributed by atoms with van der Waals surface area (Å²) in [6.07, 6.45) is 3.70. The van der Waals surface area contributed by atoms with Crippen molar-refractivity contribution < 1.29 is 14.3 Å². The van der Waals surface area contributed by atoms with Crippen molar-refractivity contribution in [2.75, 3.05) is 7.11 Å². The highest BCUT2D eigenvalue weighted by atomic mass is 16.5. The van der Waals surface area contributed by atoms with Crippen molar-refractivity contribution in [3.63, 3.8) is 0 Å². The Morgan fingerprint density at radius 2 is 2.05 bits per heavy atom. The Labute approximate surface area is 125 Å². The number of benzene rings is 1. The molecule has 1 saturated heterocycles. The SMILES string of the molecule is COC(=O)C12CCCc3ccccc3C1(C)OC(=N)CC2. The number of esters is 1. The molecule has 1 aromatic carbocycles. The minimum Gasteiger partial charge on any atom is -0.469 e. The quantitative estimate of drug-likeness (QED) is 0.807. The van der Waals surface area contributed by atoms with Crippen LogP contribution < -0.4 is 0 Å². The second-order valence-electron chi connectivity index (χ2n) is 6.14. The molecule has 1 fully saturated rings. The normalized spacial score (nSPS) is 31.4. The first-order valence-corrected chi connectivity index (χ1v) is 7.47. The first-order chi connectivity index (χ1) is 10.0. The van der Waals surface area contributed by atoms with Crippen LogP contribution in [0, 0.1) is 10.8 Å². The topological polar surface area (TPSA) is 59.4 Å². The molecule has 1 aliphatic carbocycles. The molecular formula is C17H21NO3. The van der Waals surface area contributed by atoms with Gasteiger partial charge in [0.25, 0.3) is 0 Å². The Kier molecular flexibility index (Phi) is 3.27. The fourth-order valence-corrected chi connectivity index (χ4v) is 4.02. The molecule has 112 valence electrons. The summed E-state index contributed by atoms with van der Waals surface area (Å²) < 4.78 is 11.1. The van der Waals surface area contributed by atoms with Gasteiger partial charge in [0.1, 0.15) is 11.0 Å². The van der Waals surface area contributed by atoms with Gasteiger partial charge in [-0.3, -0.25) is 10.2 Å². The van der Waals surface area contributed by atoms with Gasteiger partial charge in [-0.15, -0.1) is 0 Å². The average molecular weight is 287 g/mol. The van der Waals surface area contributed by atoms with Crippen LogP contribution in [0.5, 0.6) is 0 Å². The van der Waals surface area contributed by atoms with Crippen LogP contribution in [0.15, 0.2) is 24.3 Å². The third-order valence-electron chi connectivity index (χ3n) is 5.18. The van der Waals surface area contributed by atoms with E-state index in [2.05, 4.69) is 6.07 Å². The summed E-state index contributed by atoms with van der Waals surface area (Å²) in [6.45, 7) is 1.95. The molecule has 0 saturated carbocycles. The molecule has 1 heterocycles. The second-order valence-corrected chi connectivity index (χ2v) is 6.14. The standard InChI is InChI=1S/C17H21NO3/c1-16-13-8-4-3-6-12(13)7-5-10-17(16,15(19)20-2)11-9-14(18)21-16/h3-4,6,8,18H,5,7,9-11H2,1-2H3. The molecule has 1 aromatic rings. The zero-order valence-corrected chi connectivity index (χ0v) is 12.6. The first-order valence-electron chi connectivity index (χ1n) is 7.47. The number of hydrogen-bond acceptors (Lipinski definition) is 4. The molecule has 4 nitrogen and oxygen atoms in total. The largest absolute Gasteiger partial charge is 0.469 e. The molecule has 1 aliphatic heterocycles. The van der Waals surface area contributed by atoms with Gasteiger partial charge in [-0.2, -0.15) is 0 Å². The van der Waals surface area contributed by atoms with E-state index in [1.807, 2.05) is 25.1 Å². The van der Waals surface area contributed by atoms with E-state index < -0.39 is 11.0 Å². The Balaban J connectivity index is 2.22. The number of hydrogen-bond donors (Lipinski definition) is 1. The minimum absolute atomic E-state index is 0.214. The molecule has 2 unspecified atom stereocenters. The molecular weight excluding hydrogens is 266 g/mol. The zero-order chi connectivity index (χ0) is 15.1. The van der Waals surface area contributed by atoms with E-state index in [0.29, 0.717) is 12.8 Å². The van der Waals surface area contributed by atoms with Crippen molar-refractivity contribution in [3.8, 4) is 0 Å². The van der Waals surface area contributed by atoms with Gasteiger partial charge < -0.3 is 9.47 Å². The molecule has 0 aromatic heterocycles. The number of methoxy groups -OCH3 is 1. The minimum atomic E-state index is -0.817. The van der Waals surface area contributed by atoms with Gasteiger partial charge in [-0.05, 0) is 43.7 Å². The van der Waals surface area contributed by atoms with Gasteiger partial charge in [-0.1, -0.05) is 24.3 Å². The van der Waals surface area contributed by atoms with Gasteiger partial charge in [0.15, 0.2) is 5.90 Å². The number of carbonyl (C=O) groups excluding carboxylic acids is 1. The number of fused-ring (bicyclic) bond motifs is 3. The Morgan fingerprint density at radius 3 is 2.81 bits per heavy atom. The lowest BCUT2D eigenvalue weighted by Crippen LogP contribution is -2.55. The van der Waals surface area contributed by atoms with Crippen LogP contribution in [0.25, 0.3) is 0 Å². The van der Waals surface area contributed by atoms with E-state index in [1.54, 1.807) is 0 Å². The highest BCUT2D eigenvalue weighted by molar-refractivity contribution is 5.84. The Bertz CT molecular complexity index is 597. The van der Waals surface area contributed by atoms with Crippen LogP contribution in [0.4, 0.5) is 0 Å². The maximum Gasteiger partial charge on any atom is 0.316 e. The van der Waals surface area contributed by atoms with E-state index in [1.165, 1.54) is 12.7 Å². The van der Waals surface area contributed by atoms with Crippen molar-refractivity contribution in [2.45, 2.75) is 44.6 Å². The van der Waals surface area contributed by atoms with Gasteiger partial charge >= 0.3 is 5.97 Å². The molecule has 21 heavy (non-hydrogen) atoms. The van der Waals surface area contributed by atoms with Crippen LogP contribution in [-0.4, -0.2) is 19.0 Å². The van der Waals surface area contributed by atoms with Gasteiger partial charge in [0.05, 0.1) is 7.11 Å². The van der Waals surface area contributed by atoms with Crippen molar-refractivity contribution in [1.29, 1.82) is 5.41 Å². The lowest BCUT2D eigenvalue weighted by molar-refractivity contribution is -0.177. The van der Waals surface area contributed by atoms with Crippen molar-refractivity contribution >= 4 is 11.9 Å². The van der Waals surface area contributed by atoms with Crippen LogP contribution in [0.3, 0.4) is 0 Å². The monoisotopic (exact) mass is 287 g/mol. The highest BCUT2D eigenvalue weighted by Gasteiger charge is 2.60. The highest BCUT2D eigenvalue weighted by Crippen LogP contribution is 2.55. The number of nitrogens with one attached hydrogen (secondary N) is 1. The summed E-state index contributed by atoms with van der Waals surface area (Å²) in [5, 5.41) is 7.96. The number of ether oxygens (including phenoxy) is 2. The van der Waals surface area contributed by atoms with Gasteiger partial charge in [0.2, 0.25) is 0 Å². The first kappa shape index (κ1) is 14.1. The molecule has 1 N–H and O–H groups in total. The maximum atomic E-state index is 12.6. The predicted molar refractivity (Wildman–Crippen MR) is 79.2 cm³/mol. The summed E-state index contributed by atoms with van der Waals surface area (Å²) in [5.41, 5.74) is 0.722. The third kappa shape index (κ3) is 1.88. The number of carbonyl (C=O) groups is 1. The van der Waals surface area contributed by atoms with E-state index in [4.69, 9.17) is 14.9 Å². The van der Waals surface area contributed by atoms with E-state index in [0.717, 1.165) is 24.8 Å². The second kappa shape index (κ2) is 4.86. The molecule has 3 rings (SSSR count). The average Bonchev–Trinajstić information content (AvgIpc) is 2.61. The van der Waals surface area contributed by atoms with Gasteiger partial charge in [-0.25, -0.2) is 0 Å². The molecule has 0 radical (unpaired) electrons. The lowest BCUT2D eigenvalue weighted by Gasteiger charge is -2.49. The number of rotatable bonds is 1. The van der Waals surface area contributed by atoms with Crippen LogP contribution in [-0.2, 0) is 26.3 Å². The molecule has 0 bridgehead atoms. The Hall–Kier alpha value is -1.84. The van der Waals surface area contributed by atoms with Crippen molar-refractivity contribution in [3.05, 3.63) is 35.4 Å². The van der Waals surface area contributed by atoms with Crippen molar-refractivity contribution in [2.24, 2.45) is 5.41 Å². The fourth-order valence-electron chi connectivity index (χ4n) is 4.02. The number of aryl methyl sites for hydroxylation is 1. The third-order valence-corrected chi connectivity index (χ3v) is 5.18. The molecule has 2 atom stereocenters. The van der Waals surface area contributed by atoms with Crippen LogP contribution >= 0.6 is 0 Å². The summed E-state index contributed by atoms with van der Waals surface area (Å²) in [4.78, 5) is 12.6. The lowest BCUT2D eigenvalue weighted by atomic mass is 9.63. The van der Waals surface area contributed by atoms with Crippen LogP contribution in [0.2, 0.25) is 0 Å². The molecule has 4 heteroatoms. The fraction of sp³-hybridized carbons (Fsp3) is 0.529. The van der Waals surface area contributed by atoms with Gasteiger partial charge in [0, 0.05) is 6.42 Å². The Morgan fingerprint density at radius 1 is 1.29 bits per heavy atom. The summed E-state index contributed by atoms with van der Waals surface area (Å²) >= 11 is 0. The molecule has 0 spiro atoms. The summed E-state index contributed by atoms with van der Waals surface area (Å²) in [6, 6.07) is 8.10. The maximum absolute atomic E-state index is 12.6. The molecule has 2 aliphatic rings. The zero-order valence-electron chi connectivity index (χ0n) is 12.6. The summed E-state index contributed by atoms with van der Waals surface area (Å²) in [5.74, 6) is 0.0444. The van der Waals surface area contributed by atoms with Crippen LogP contribution in [0.1, 0.15) is 43.7 Å². The van der Waals surface area contributed by atoms with E-state index in [9.17, 15) is 4.79 Å².